The van der Waals surface area contributed by atoms with Crippen LogP contribution in [0.5, 0.6) is 0 Å². The second-order valence-electron chi connectivity index (χ2n) is 5.55. The van der Waals surface area contributed by atoms with Gasteiger partial charge in [-0.05, 0) is 54.0 Å². The molecular weight excluding hydrogens is 310 g/mol. The van der Waals surface area contributed by atoms with Crippen LogP contribution in [-0.2, 0) is 13.0 Å². The van der Waals surface area contributed by atoms with Gasteiger partial charge in [0.25, 0.3) is 0 Å². The SMILES string of the molecule is Brc1cccc(CNCC2CCCc3ccccc32)c1. The lowest BCUT2D eigenvalue weighted by molar-refractivity contribution is 0.507. The summed E-state index contributed by atoms with van der Waals surface area (Å²) in [7, 11) is 0. The van der Waals surface area contributed by atoms with Crippen LogP contribution in [0.2, 0.25) is 0 Å². The highest BCUT2D eigenvalue weighted by Gasteiger charge is 2.18. The first-order valence-electron chi connectivity index (χ1n) is 7.36. The van der Waals surface area contributed by atoms with Crippen molar-refractivity contribution in [2.45, 2.75) is 31.7 Å². The molecule has 1 nitrogen and oxygen atoms in total. The summed E-state index contributed by atoms with van der Waals surface area (Å²) in [6.07, 6.45) is 3.88. The Morgan fingerprint density at radius 3 is 2.90 bits per heavy atom. The lowest BCUT2D eigenvalue weighted by Crippen LogP contribution is -2.24. The minimum Gasteiger partial charge on any atom is -0.312 e. The quantitative estimate of drug-likeness (QED) is 0.860. The number of hydrogen-bond acceptors (Lipinski definition) is 1. The normalized spacial score (nSPS) is 17.8. The van der Waals surface area contributed by atoms with Crippen LogP contribution in [0, 0.1) is 0 Å². The molecule has 1 atom stereocenters. The monoisotopic (exact) mass is 329 g/mol. The van der Waals surface area contributed by atoms with Crippen molar-refractivity contribution in [3.05, 3.63) is 69.7 Å². The molecule has 1 unspecified atom stereocenters. The van der Waals surface area contributed by atoms with E-state index in [4.69, 9.17) is 0 Å². The molecule has 3 rings (SSSR count). The molecule has 0 aliphatic heterocycles. The average Bonchev–Trinajstić information content (AvgIpc) is 2.48. The maximum atomic E-state index is 3.62. The van der Waals surface area contributed by atoms with E-state index >= 15 is 0 Å². The van der Waals surface area contributed by atoms with Gasteiger partial charge in [-0.25, -0.2) is 0 Å². The third-order valence-corrected chi connectivity index (χ3v) is 4.60. The second kappa shape index (κ2) is 6.55. The van der Waals surface area contributed by atoms with E-state index in [2.05, 4.69) is 69.8 Å². The minimum absolute atomic E-state index is 0.673. The largest absolute Gasteiger partial charge is 0.312 e. The standard InChI is InChI=1S/C18H20BrN/c19-17-9-3-5-14(11-17)12-20-13-16-8-4-7-15-6-1-2-10-18(15)16/h1-3,5-6,9-11,16,20H,4,7-8,12-13H2. The zero-order chi connectivity index (χ0) is 13.8. The Kier molecular flexibility index (Phi) is 4.54. The zero-order valence-corrected chi connectivity index (χ0v) is 13.2. The fraction of sp³-hybridized carbons (Fsp3) is 0.333. The first kappa shape index (κ1) is 13.8. The third kappa shape index (κ3) is 3.31. The van der Waals surface area contributed by atoms with Gasteiger partial charge in [-0.1, -0.05) is 52.3 Å². The highest BCUT2D eigenvalue weighted by molar-refractivity contribution is 9.10. The Bertz CT molecular complexity index is 579. The van der Waals surface area contributed by atoms with Gasteiger partial charge >= 0.3 is 0 Å². The van der Waals surface area contributed by atoms with Crippen molar-refractivity contribution >= 4 is 15.9 Å². The number of hydrogen-bond donors (Lipinski definition) is 1. The van der Waals surface area contributed by atoms with E-state index in [1.807, 2.05) is 0 Å². The summed E-state index contributed by atoms with van der Waals surface area (Å²) < 4.78 is 1.15. The Hall–Kier alpha value is -1.12. The Morgan fingerprint density at radius 1 is 1.10 bits per heavy atom. The van der Waals surface area contributed by atoms with E-state index in [0.29, 0.717) is 5.92 Å². The summed E-state index contributed by atoms with van der Waals surface area (Å²) in [5.74, 6) is 0.673. The minimum atomic E-state index is 0.673. The molecular formula is C18H20BrN. The average molecular weight is 330 g/mol. The van der Waals surface area contributed by atoms with Crippen LogP contribution >= 0.6 is 15.9 Å². The Labute approximate surface area is 129 Å². The summed E-state index contributed by atoms with van der Waals surface area (Å²) in [6, 6.07) is 17.4. The van der Waals surface area contributed by atoms with Crippen molar-refractivity contribution < 1.29 is 0 Å². The molecule has 20 heavy (non-hydrogen) atoms. The molecule has 0 saturated heterocycles. The summed E-state index contributed by atoms with van der Waals surface area (Å²) in [5, 5.41) is 3.62. The van der Waals surface area contributed by atoms with Crippen molar-refractivity contribution in [1.29, 1.82) is 0 Å². The molecule has 2 aromatic carbocycles. The van der Waals surface area contributed by atoms with Crippen molar-refractivity contribution in [3.8, 4) is 0 Å². The van der Waals surface area contributed by atoms with Crippen LogP contribution < -0.4 is 5.32 Å². The lowest BCUT2D eigenvalue weighted by Gasteiger charge is -2.25. The Balaban J connectivity index is 1.60. The van der Waals surface area contributed by atoms with Crippen molar-refractivity contribution in [1.82, 2.24) is 5.32 Å². The predicted molar refractivity (Wildman–Crippen MR) is 88.0 cm³/mol. The van der Waals surface area contributed by atoms with Gasteiger partial charge in [-0.3, -0.25) is 0 Å². The zero-order valence-electron chi connectivity index (χ0n) is 11.6. The van der Waals surface area contributed by atoms with Crippen LogP contribution in [0.15, 0.2) is 53.0 Å². The molecule has 0 radical (unpaired) electrons. The van der Waals surface area contributed by atoms with E-state index in [9.17, 15) is 0 Å². The van der Waals surface area contributed by atoms with Gasteiger partial charge in [0.15, 0.2) is 0 Å². The molecule has 1 aliphatic rings. The smallest absolute Gasteiger partial charge is 0.0206 e. The molecule has 104 valence electrons. The van der Waals surface area contributed by atoms with Crippen molar-refractivity contribution in [3.63, 3.8) is 0 Å². The topological polar surface area (TPSA) is 12.0 Å². The molecule has 0 aromatic heterocycles. The second-order valence-corrected chi connectivity index (χ2v) is 6.46. The highest BCUT2D eigenvalue weighted by Crippen LogP contribution is 2.30. The molecule has 0 saturated carbocycles. The van der Waals surface area contributed by atoms with Crippen LogP contribution in [0.3, 0.4) is 0 Å². The summed E-state index contributed by atoms with van der Waals surface area (Å²) in [6.45, 7) is 2.02. The maximum Gasteiger partial charge on any atom is 0.0206 e. The van der Waals surface area contributed by atoms with Gasteiger partial charge in [0.1, 0.15) is 0 Å². The van der Waals surface area contributed by atoms with E-state index in [-0.39, 0.29) is 0 Å². The third-order valence-electron chi connectivity index (χ3n) is 4.10. The van der Waals surface area contributed by atoms with Gasteiger partial charge in [0.2, 0.25) is 0 Å². The van der Waals surface area contributed by atoms with E-state index in [0.717, 1.165) is 17.6 Å². The number of aryl methyl sites for hydroxylation is 1. The number of halogens is 1. The fourth-order valence-electron chi connectivity index (χ4n) is 3.10. The van der Waals surface area contributed by atoms with Crippen LogP contribution in [-0.4, -0.2) is 6.54 Å². The Morgan fingerprint density at radius 2 is 2.00 bits per heavy atom. The summed E-state index contributed by atoms with van der Waals surface area (Å²) >= 11 is 3.52. The fourth-order valence-corrected chi connectivity index (χ4v) is 3.55. The van der Waals surface area contributed by atoms with Crippen molar-refractivity contribution in [2.24, 2.45) is 0 Å². The molecule has 1 N–H and O–H groups in total. The molecule has 0 spiro atoms. The van der Waals surface area contributed by atoms with Crippen LogP contribution in [0.1, 0.15) is 35.4 Å². The van der Waals surface area contributed by atoms with Gasteiger partial charge in [0.05, 0.1) is 0 Å². The van der Waals surface area contributed by atoms with E-state index in [1.165, 1.54) is 24.8 Å². The molecule has 0 amide bonds. The summed E-state index contributed by atoms with van der Waals surface area (Å²) in [4.78, 5) is 0. The van der Waals surface area contributed by atoms with E-state index < -0.39 is 0 Å². The van der Waals surface area contributed by atoms with Gasteiger partial charge in [0, 0.05) is 17.6 Å². The number of rotatable bonds is 4. The first-order chi connectivity index (χ1) is 9.83. The molecule has 2 heteroatoms. The molecule has 0 heterocycles. The van der Waals surface area contributed by atoms with Crippen molar-refractivity contribution in [2.75, 3.05) is 6.54 Å². The predicted octanol–water partition coefficient (Wildman–Crippen LogP) is 4.66. The highest BCUT2D eigenvalue weighted by atomic mass is 79.9. The van der Waals surface area contributed by atoms with Crippen LogP contribution in [0.25, 0.3) is 0 Å². The van der Waals surface area contributed by atoms with Gasteiger partial charge < -0.3 is 5.32 Å². The molecule has 1 aliphatic carbocycles. The maximum absolute atomic E-state index is 3.62. The molecule has 2 aromatic rings. The van der Waals surface area contributed by atoms with E-state index in [1.54, 1.807) is 11.1 Å². The molecule has 0 bridgehead atoms. The number of nitrogens with one attached hydrogen (secondary N) is 1. The first-order valence-corrected chi connectivity index (χ1v) is 8.15. The van der Waals surface area contributed by atoms with Gasteiger partial charge in [-0.2, -0.15) is 0 Å². The molecule has 0 fully saturated rings. The number of fused-ring (bicyclic) bond motifs is 1. The number of benzene rings is 2. The van der Waals surface area contributed by atoms with Crippen LogP contribution in [0.4, 0.5) is 0 Å². The lowest BCUT2D eigenvalue weighted by atomic mass is 9.83. The van der Waals surface area contributed by atoms with Gasteiger partial charge in [-0.15, -0.1) is 0 Å². The summed E-state index contributed by atoms with van der Waals surface area (Å²) in [5.41, 5.74) is 4.44.